The highest BCUT2D eigenvalue weighted by Crippen LogP contribution is 2.27. The number of benzene rings is 1. The van der Waals surface area contributed by atoms with E-state index in [1.165, 1.54) is 20.3 Å². The molecule has 0 aliphatic heterocycles. The molecule has 0 heterocycles. The van der Waals surface area contributed by atoms with Gasteiger partial charge in [0.25, 0.3) is 0 Å². The lowest BCUT2D eigenvalue weighted by molar-refractivity contribution is 0.391. The van der Waals surface area contributed by atoms with Crippen molar-refractivity contribution in [3.8, 4) is 11.5 Å². The van der Waals surface area contributed by atoms with Crippen LogP contribution in [0.5, 0.6) is 11.5 Å². The average Bonchev–Trinajstić information content (AvgIpc) is 2.35. The van der Waals surface area contributed by atoms with Crippen LogP contribution in [-0.4, -0.2) is 29.2 Å². The summed E-state index contributed by atoms with van der Waals surface area (Å²) in [6.07, 6.45) is 0. The van der Waals surface area contributed by atoms with E-state index in [4.69, 9.17) is 9.47 Å². The molecule has 1 rings (SSSR count). The Bertz CT molecular complexity index is 497. The van der Waals surface area contributed by atoms with E-state index in [1.807, 2.05) is 13.8 Å². The maximum absolute atomic E-state index is 12.1. The second-order valence-corrected chi connectivity index (χ2v) is 6.00. The monoisotopic (exact) mass is 273 g/mol. The van der Waals surface area contributed by atoms with Crippen molar-refractivity contribution in [1.29, 1.82) is 0 Å². The molecule has 0 amide bonds. The molecule has 0 atom stereocenters. The number of nitrogens with one attached hydrogen (secondary N) is 1. The highest BCUT2D eigenvalue weighted by Gasteiger charge is 2.20. The van der Waals surface area contributed by atoms with Crippen LogP contribution in [0.4, 0.5) is 0 Å². The zero-order valence-electron chi connectivity index (χ0n) is 11.1. The summed E-state index contributed by atoms with van der Waals surface area (Å²) in [6, 6.07) is 4.67. The Morgan fingerprint density at radius 2 is 1.89 bits per heavy atom. The summed E-state index contributed by atoms with van der Waals surface area (Å²) in [6.45, 7) is 4.25. The molecule has 102 valence electrons. The first-order valence-electron chi connectivity index (χ1n) is 5.62. The third kappa shape index (κ3) is 3.61. The van der Waals surface area contributed by atoms with Crippen LogP contribution in [0.15, 0.2) is 23.1 Å². The standard InChI is InChI=1S/C12H19NO4S/c1-9(2)8-13-18(14,15)12-7-10(16-3)5-6-11(12)17-4/h5-7,9,13H,8H2,1-4H3. The predicted octanol–water partition coefficient (Wildman–Crippen LogP) is 1.64. The van der Waals surface area contributed by atoms with Crippen molar-refractivity contribution >= 4 is 10.0 Å². The fourth-order valence-electron chi connectivity index (χ4n) is 1.35. The van der Waals surface area contributed by atoms with Crippen LogP contribution in [0, 0.1) is 5.92 Å². The van der Waals surface area contributed by atoms with Crippen LogP contribution >= 0.6 is 0 Å². The Hall–Kier alpha value is -1.27. The number of hydrogen-bond donors (Lipinski definition) is 1. The minimum absolute atomic E-state index is 0.0880. The first kappa shape index (κ1) is 14.8. The van der Waals surface area contributed by atoms with Gasteiger partial charge in [-0.15, -0.1) is 0 Å². The Morgan fingerprint density at radius 3 is 2.39 bits per heavy atom. The van der Waals surface area contributed by atoms with E-state index in [9.17, 15) is 8.42 Å². The molecule has 0 aliphatic carbocycles. The minimum Gasteiger partial charge on any atom is -0.497 e. The molecule has 0 aromatic heterocycles. The Balaban J connectivity index is 3.12. The lowest BCUT2D eigenvalue weighted by Crippen LogP contribution is -2.27. The van der Waals surface area contributed by atoms with Crippen molar-refractivity contribution in [3.05, 3.63) is 18.2 Å². The van der Waals surface area contributed by atoms with E-state index in [0.29, 0.717) is 18.0 Å². The molecule has 0 saturated heterocycles. The lowest BCUT2D eigenvalue weighted by Gasteiger charge is -2.13. The van der Waals surface area contributed by atoms with Crippen molar-refractivity contribution in [1.82, 2.24) is 4.72 Å². The molecule has 0 radical (unpaired) electrons. The molecule has 0 bridgehead atoms. The normalized spacial score (nSPS) is 11.6. The molecule has 18 heavy (non-hydrogen) atoms. The predicted molar refractivity (Wildman–Crippen MR) is 69.6 cm³/mol. The van der Waals surface area contributed by atoms with Gasteiger partial charge in [0.1, 0.15) is 16.4 Å². The second kappa shape index (κ2) is 6.06. The van der Waals surface area contributed by atoms with Crippen molar-refractivity contribution in [2.45, 2.75) is 18.7 Å². The van der Waals surface area contributed by atoms with E-state index in [0.717, 1.165) is 0 Å². The van der Waals surface area contributed by atoms with E-state index in [2.05, 4.69) is 4.72 Å². The van der Waals surface area contributed by atoms with Gasteiger partial charge in [0.2, 0.25) is 10.0 Å². The molecule has 0 spiro atoms. The van der Waals surface area contributed by atoms with E-state index < -0.39 is 10.0 Å². The Morgan fingerprint density at radius 1 is 1.22 bits per heavy atom. The fraction of sp³-hybridized carbons (Fsp3) is 0.500. The quantitative estimate of drug-likeness (QED) is 0.855. The van der Waals surface area contributed by atoms with Gasteiger partial charge >= 0.3 is 0 Å². The van der Waals surface area contributed by atoms with Crippen molar-refractivity contribution in [2.24, 2.45) is 5.92 Å². The van der Waals surface area contributed by atoms with Crippen LogP contribution in [0.2, 0.25) is 0 Å². The molecule has 0 saturated carbocycles. The van der Waals surface area contributed by atoms with Gasteiger partial charge in [0, 0.05) is 12.6 Å². The fourth-order valence-corrected chi connectivity index (χ4v) is 2.74. The molecule has 1 aromatic rings. The summed E-state index contributed by atoms with van der Waals surface area (Å²) in [5.41, 5.74) is 0. The molecule has 1 N–H and O–H groups in total. The van der Waals surface area contributed by atoms with E-state index >= 15 is 0 Å². The zero-order valence-corrected chi connectivity index (χ0v) is 11.9. The van der Waals surface area contributed by atoms with Gasteiger partial charge < -0.3 is 9.47 Å². The third-order valence-corrected chi connectivity index (χ3v) is 3.79. The van der Waals surface area contributed by atoms with Crippen LogP contribution in [0.25, 0.3) is 0 Å². The van der Waals surface area contributed by atoms with Gasteiger partial charge in [-0.1, -0.05) is 13.8 Å². The van der Waals surface area contributed by atoms with Crippen LogP contribution < -0.4 is 14.2 Å². The summed E-state index contributed by atoms with van der Waals surface area (Å²) < 4.78 is 36.9. The number of ether oxygens (including phenoxy) is 2. The zero-order chi connectivity index (χ0) is 13.8. The van der Waals surface area contributed by atoms with Crippen LogP contribution in [0.3, 0.4) is 0 Å². The largest absolute Gasteiger partial charge is 0.497 e. The molecular formula is C12H19NO4S. The van der Waals surface area contributed by atoms with Crippen molar-refractivity contribution in [3.63, 3.8) is 0 Å². The van der Waals surface area contributed by atoms with E-state index in [1.54, 1.807) is 12.1 Å². The van der Waals surface area contributed by atoms with Gasteiger partial charge in [0.05, 0.1) is 14.2 Å². The highest BCUT2D eigenvalue weighted by molar-refractivity contribution is 7.89. The van der Waals surface area contributed by atoms with Crippen LogP contribution in [0.1, 0.15) is 13.8 Å². The first-order valence-corrected chi connectivity index (χ1v) is 7.10. The smallest absolute Gasteiger partial charge is 0.244 e. The third-order valence-electron chi connectivity index (χ3n) is 2.34. The molecule has 1 aromatic carbocycles. The summed E-state index contributed by atoms with van der Waals surface area (Å²) in [5.74, 6) is 1.00. The van der Waals surface area contributed by atoms with Gasteiger partial charge in [-0.2, -0.15) is 0 Å². The summed E-state index contributed by atoms with van der Waals surface area (Å²) >= 11 is 0. The SMILES string of the molecule is COc1ccc(OC)c(S(=O)(=O)NCC(C)C)c1. The number of sulfonamides is 1. The number of hydrogen-bond acceptors (Lipinski definition) is 4. The maximum Gasteiger partial charge on any atom is 0.244 e. The van der Waals surface area contributed by atoms with Gasteiger partial charge in [-0.25, -0.2) is 13.1 Å². The molecule has 0 fully saturated rings. The highest BCUT2D eigenvalue weighted by atomic mass is 32.2. The summed E-state index contributed by atoms with van der Waals surface area (Å²) in [7, 11) is -0.666. The Labute approximate surface area is 108 Å². The molecule has 0 unspecified atom stereocenters. The lowest BCUT2D eigenvalue weighted by atomic mass is 10.2. The van der Waals surface area contributed by atoms with Crippen LogP contribution in [-0.2, 0) is 10.0 Å². The topological polar surface area (TPSA) is 64.6 Å². The molecule has 6 heteroatoms. The van der Waals surface area contributed by atoms with Gasteiger partial charge in [-0.3, -0.25) is 0 Å². The average molecular weight is 273 g/mol. The van der Waals surface area contributed by atoms with Gasteiger partial charge in [-0.05, 0) is 18.1 Å². The second-order valence-electron chi connectivity index (χ2n) is 4.26. The van der Waals surface area contributed by atoms with Gasteiger partial charge in [0.15, 0.2) is 0 Å². The molecule has 5 nitrogen and oxygen atoms in total. The van der Waals surface area contributed by atoms with Crippen molar-refractivity contribution < 1.29 is 17.9 Å². The van der Waals surface area contributed by atoms with Crippen molar-refractivity contribution in [2.75, 3.05) is 20.8 Å². The number of methoxy groups -OCH3 is 2. The number of rotatable bonds is 6. The maximum atomic E-state index is 12.1. The minimum atomic E-state index is -3.59. The summed E-state index contributed by atoms with van der Waals surface area (Å²) in [5, 5.41) is 0. The first-order chi connectivity index (χ1) is 8.40. The van der Waals surface area contributed by atoms with E-state index in [-0.39, 0.29) is 10.8 Å². The molecule has 0 aliphatic rings. The molecular weight excluding hydrogens is 254 g/mol. The summed E-state index contributed by atoms with van der Waals surface area (Å²) in [4.78, 5) is 0.0880. The Kier molecular flexibility index (Phi) is 4.98.